The van der Waals surface area contributed by atoms with E-state index >= 15 is 0 Å². The molecule has 1 aromatic rings. The molecule has 2 fully saturated rings. The minimum Gasteiger partial charge on any atom is -0.373 e. The fourth-order valence-corrected chi connectivity index (χ4v) is 3.00. The van der Waals surface area contributed by atoms with E-state index in [-0.39, 0.29) is 0 Å². The highest BCUT2D eigenvalue weighted by Crippen LogP contribution is 2.36. The first-order chi connectivity index (χ1) is 6.81. The summed E-state index contributed by atoms with van der Waals surface area (Å²) in [5.41, 5.74) is 0. The van der Waals surface area contributed by atoms with Gasteiger partial charge in [-0.3, -0.25) is 0 Å². The van der Waals surface area contributed by atoms with Crippen LogP contribution in [-0.4, -0.2) is 23.2 Å². The molecule has 0 aliphatic carbocycles. The van der Waals surface area contributed by atoms with Gasteiger partial charge in [0.1, 0.15) is 5.82 Å². The van der Waals surface area contributed by atoms with Crippen LogP contribution in [0.2, 0.25) is 4.47 Å². The van der Waals surface area contributed by atoms with Crippen LogP contribution in [-0.2, 0) is 4.74 Å². The summed E-state index contributed by atoms with van der Waals surface area (Å²) in [5.74, 6) is 0.890. The van der Waals surface area contributed by atoms with Gasteiger partial charge in [-0.1, -0.05) is 11.6 Å². The molecule has 2 bridgehead atoms. The zero-order chi connectivity index (χ0) is 9.54. The van der Waals surface area contributed by atoms with Crippen molar-refractivity contribution in [2.45, 2.75) is 37.5 Å². The van der Waals surface area contributed by atoms with Crippen LogP contribution in [0.1, 0.15) is 19.3 Å². The number of fused-ring (bicyclic) bond motifs is 2. The second kappa shape index (κ2) is 3.36. The van der Waals surface area contributed by atoms with Crippen molar-refractivity contribution in [2.75, 3.05) is 5.32 Å². The first kappa shape index (κ1) is 8.95. The molecule has 0 radical (unpaired) electrons. The molecule has 5 heteroatoms. The fourth-order valence-electron chi connectivity index (χ4n) is 2.30. The van der Waals surface area contributed by atoms with E-state index in [0.29, 0.717) is 22.7 Å². The first-order valence-corrected chi connectivity index (χ1v) is 6.10. The van der Waals surface area contributed by atoms with Gasteiger partial charge < -0.3 is 10.1 Å². The maximum Gasteiger partial charge on any atom is 0.185 e. The molecule has 3 rings (SSSR count). The highest BCUT2D eigenvalue weighted by Gasteiger charge is 2.40. The van der Waals surface area contributed by atoms with Crippen LogP contribution in [0, 0.1) is 0 Å². The van der Waals surface area contributed by atoms with Crippen molar-refractivity contribution in [3.8, 4) is 0 Å². The number of thiazole rings is 1. The number of anilines is 1. The molecule has 3 atom stereocenters. The van der Waals surface area contributed by atoms with Crippen molar-refractivity contribution in [1.29, 1.82) is 0 Å². The number of aromatic nitrogens is 1. The van der Waals surface area contributed by atoms with Gasteiger partial charge in [-0.25, -0.2) is 4.98 Å². The summed E-state index contributed by atoms with van der Waals surface area (Å²) in [5, 5.41) is 5.34. The van der Waals surface area contributed by atoms with Crippen LogP contribution in [0.25, 0.3) is 0 Å². The predicted octanol–water partition coefficient (Wildman–Crippen LogP) is 2.53. The molecule has 0 saturated carbocycles. The van der Waals surface area contributed by atoms with Gasteiger partial charge in [-0.2, -0.15) is 0 Å². The summed E-state index contributed by atoms with van der Waals surface area (Å²) in [7, 11) is 0. The first-order valence-electron chi connectivity index (χ1n) is 4.84. The number of halogens is 1. The third kappa shape index (κ3) is 1.51. The van der Waals surface area contributed by atoms with Crippen LogP contribution in [0.4, 0.5) is 5.82 Å². The molecule has 3 heterocycles. The third-order valence-electron chi connectivity index (χ3n) is 2.92. The average molecular weight is 231 g/mol. The molecule has 76 valence electrons. The van der Waals surface area contributed by atoms with Gasteiger partial charge >= 0.3 is 0 Å². The van der Waals surface area contributed by atoms with Crippen molar-refractivity contribution in [3.05, 3.63) is 9.85 Å². The molecule has 2 aliphatic rings. The van der Waals surface area contributed by atoms with Crippen molar-refractivity contribution in [1.82, 2.24) is 4.98 Å². The van der Waals surface area contributed by atoms with Crippen LogP contribution in [0.5, 0.6) is 0 Å². The Bertz CT molecular complexity index is 343. The Kier molecular flexibility index (Phi) is 2.15. The Hall–Kier alpha value is -0.320. The Labute approximate surface area is 91.4 Å². The zero-order valence-corrected chi connectivity index (χ0v) is 9.14. The van der Waals surface area contributed by atoms with Gasteiger partial charge in [0.25, 0.3) is 0 Å². The summed E-state index contributed by atoms with van der Waals surface area (Å²) >= 11 is 7.22. The molecular weight excluding hydrogens is 220 g/mol. The highest BCUT2D eigenvalue weighted by molar-refractivity contribution is 7.14. The van der Waals surface area contributed by atoms with E-state index in [1.807, 2.05) is 5.38 Å². The summed E-state index contributed by atoms with van der Waals surface area (Å²) in [6.45, 7) is 0. The van der Waals surface area contributed by atoms with Crippen LogP contribution >= 0.6 is 22.9 Å². The lowest BCUT2D eigenvalue weighted by Gasteiger charge is -2.19. The molecule has 14 heavy (non-hydrogen) atoms. The van der Waals surface area contributed by atoms with E-state index in [9.17, 15) is 0 Å². The molecule has 3 unspecified atom stereocenters. The number of rotatable bonds is 2. The number of nitrogens with one attached hydrogen (secondary N) is 1. The molecule has 1 aromatic heterocycles. The van der Waals surface area contributed by atoms with E-state index in [2.05, 4.69) is 10.3 Å². The summed E-state index contributed by atoms with van der Waals surface area (Å²) < 4.78 is 6.34. The Balaban J connectivity index is 1.68. The van der Waals surface area contributed by atoms with Crippen LogP contribution in [0.3, 0.4) is 0 Å². The van der Waals surface area contributed by atoms with Gasteiger partial charge in [0.2, 0.25) is 0 Å². The highest BCUT2D eigenvalue weighted by atomic mass is 35.5. The van der Waals surface area contributed by atoms with Crippen molar-refractivity contribution in [2.24, 2.45) is 0 Å². The maximum absolute atomic E-state index is 5.76. The number of hydrogen-bond acceptors (Lipinski definition) is 4. The maximum atomic E-state index is 5.76. The van der Waals surface area contributed by atoms with Gasteiger partial charge in [0.05, 0.1) is 18.2 Å². The smallest absolute Gasteiger partial charge is 0.185 e. The fraction of sp³-hybridized carbons (Fsp3) is 0.667. The lowest BCUT2D eigenvalue weighted by atomic mass is 9.96. The molecule has 0 spiro atoms. The third-order valence-corrected chi connectivity index (χ3v) is 3.89. The largest absolute Gasteiger partial charge is 0.373 e. The van der Waals surface area contributed by atoms with Gasteiger partial charge in [-0.15, -0.1) is 11.3 Å². The molecular formula is C9H11ClN2OS. The number of ether oxygens (including phenoxy) is 1. The Morgan fingerprint density at radius 3 is 3.07 bits per heavy atom. The van der Waals surface area contributed by atoms with Crippen molar-refractivity contribution in [3.63, 3.8) is 0 Å². The van der Waals surface area contributed by atoms with Gasteiger partial charge in [0, 0.05) is 5.38 Å². The normalized spacial score (nSPS) is 35.1. The lowest BCUT2D eigenvalue weighted by molar-refractivity contribution is 0.102. The van der Waals surface area contributed by atoms with E-state index in [1.165, 1.54) is 24.2 Å². The monoisotopic (exact) mass is 230 g/mol. The molecule has 2 aliphatic heterocycles. The zero-order valence-electron chi connectivity index (χ0n) is 7.57. The molecule has 0 aromatic carbocycles. The summed E-state index contributed by atoms with van der Waals surface area (Å²) in [4.78, 5) is 4.18. The summed E-state index contributed by atoms with van der Waals surface area (Å²) in [6, 6.07) is 0.437. The molecule has 2 saturated heterocycles. The van der Waals surface area contributed by atoms with E-state index in [0.717, 1.165) is 12.2 Å². The van der Waals surface area contributed by atoms with E-state index < -0.39 is 0 Å². The second-order valence-electron chi connectivity index (χ2n) is 3.85. The Morgan fingerprint density at radius 2 is 2.50 bits per heavy atom. The number of hydrogen-bond donors (Lipinski definition) is 1. The SMILES string of the molecule is Clc1nc(NC2CC3CCC2O3)cs1. The van der Waals surface area contributed by atoms with Crippen molar-refractivity contribution >= 4 is 28.8 Å². The number of nitrogens with zero attached hydrogens (tertiary/aromatic N) is 1. The minimum absolute atomic E-state index is 0.389. The Morgan fingerprint density at radius 1 is 1.57 bits per heavy atom. The lowest BCUT2D eigenvalue weighted by Crippen LogP contribution is -2.30. The minimum atomic E-state index is 0.389. The molecule has 3 nitrogen and oxygen atoms in total. The van der Waals surface area contributed by atoms with Crippen molar-refractivity contribution < 1.29 is 4.74 Å². The van der Waals surface area contributed by atoms with E-state index in [4.69, 9.17) is 16.3 Å². The van der Waals surface area contributed by atoms with E-state index in [1.54, 1.807) is 0 Å². The predicted molar refractivity (Wildman–Crippen MR) is 57.0 cm³/mol. The topological polar surface area (TPSA) is 34.2 Å². The average Bonchev–Trinajstić information content (AvgIpc) is 2.82. The van der Waals surface area contributed by atoms with Crippen LogP contribution < -0.4 is 5.32 Å². The molecule has 1 N–H and O–H groups in total. The second-order valence-corrected chi connectivity index (χ2v) is 5.29. The molecule has 0 amide bonds. The summed E-state index contributed by atoms with van der Waals surface area (Å²) in [6.07, 6.45) is 4.38. The van der Waals surface area contributed by atoms with Gasteiger partial charge in [0.15, 0.2) is 4.47 Å². The van der Waals surface area contributed by atoms with Gasteiger partial charge in [-0.05, 0) is 19.3 Å². The van der Waals surface area contributed by atoms with Crippen LogP contribution in [0.15, 0.2) is 5.38 Å². The standard InChI is InChI=1S/C9H11ClN2OS/c10-9-12-8(4-14-9)11-6-3-5-1-2-7(6)13-5/h4-7,11H,1-3H2. The quantitative estimate of drug-likeness (QED) is 0.848.